The zero-order chi connectivity index (χ0) is 59.3. The number of hydrogen-bond acceptors (Lipinski definition) is 23. The van der Waals surface area contributed by atoms with Crippen LogP contribution in [0, 0.1) is 17.8 Å². The summed E-state index contributed by atoms with van der Waals surface area (Å²) in [6.45, 7) is 5.15. The number of aliphatic hydroxyl groups is 15. The van der Waals surface area contributed by atoms with Gasteiger partial charge in [0.15, 0.2) is 12.1 Å². The summed E-state index contributed by atoms with van der Waals surface area (Å²) in [5.41, 5.74) is 0. The van der Waals surface area contributed by atoms with Crippen molar-refractivity contribution in [1.82, 2.24) is 10.6 Å². The van der Waals surface area contributed by atoms with Crippen LogP contribution in [0.15, 0.2) is 85.1 Å². The third-order valence-corrected chi connectivity index (χ3v) is 14.9. The maximum absolute atomic E-state index is 13.8. The molecule has 4 aliphatic heterocycles. The minimum absolute atomic E-state index is 0.00513. The molecule has 24 heteroatoms. The first-order valence-corrected chi connectivity index (χ1v) is 27.5. The number of carbonyl (C=O) groups excluding carboxylic acids is 2. The van der Waals surface area contributed by atoms with Crippen molar-refractivity contribution in [3.8, 4) is 0 Å². The summed E-state index contributed by atoms with van der Waals surface area (Å²) in [7, 11) is 0. The van der Waals surface area contributed by atoms with Crippen LogP contribution in [0.2, 0.25) is 0 Å². The predicted molar refractivity (Wildman–Crippen MR) is 287 cm³/mol. The zero-order valence-corrected chi connectivity index (χ0v) is 46.0. The Morgan fingerprint density at radius 3 is 1.88 bits per heavy atom. The molecule has 24 nitrogen and oxygen atoms in total. The van der Waals surface area contributed by atoms with E-state index >= 15 is 0 Å². The van der Waals surface area contributed by atoms with E-state index in [1.54, 1.807) is 92.8 Å². The quantitative estimate of drug-likeness (QED) is 0.0842. The van der Waals surface area contributed by atoms with Gasteiger partial charge >= 0.3 is 5.97 Å². The molecule has 3 fully saturated rings. The fraction of sp³-hybridized carbons (Fsp3) is 0.714. The van der Waals surface area contributed by atoms with Gasteiger partial charge in [0.2, 0.25) is 11.7 Å². The lowest BCUT2D eigenvalue weighted by Gasteiger charge is -2.47. The average molecular weight is 1140 g/mol. The summed E-state index contributed by atoms with van der Waals surface area (Å²) in [5, 5.41) is 168. The zero-order valence-electron chi connectivity index (χ0n) is 46.0. The molecule has 4 heterocycles. The summed E-state index contributed by atoms with van der Waals surface area (Å²) in [4.78, 5) is 26.5. The van der Waals surface area contributed by atoms with Crippen LogP contribution in [-0.4, -0.2) is 236 Å². The van der Waals surface area contributed by atoms with Crippen LogP contribution in [0.3, 0.4) is 0 Å². The van der Waals surface area contributed by atoms with Crippen LogP contribution in [0.5, 0.6) is 0 Å². The highest BCUT2D eigenvalue weighted by Gasteiger charge is 2.53. The Balaban J connectivity index is 1.64. The number of rotatable bonds is 9. The largest absolute Gasteiger partial charge is 0.462 e. The molecule has 17 N–H and O–H groups in total. The Kier molecular flexibility index (Phi) is 28.9. The molecule has 1 amide bonds. The summed E-state index contributed by atoms with van der Waals surface area (Å²) in [5.74, 6) is -8.60. The molecule has 0 aromatic rings. The van der Waals surface area contributed by atoms with Crippen LogP contribution in [0.25, 0.3) is 0 Å². The second-order valence-corrected chi connectivity index (χ2v) is 21.6. The normalized spacial score (nSPS) is 45.0. The molecule has 2 bridgehead atoms. The second-order valence-electron chi connectivity index (χ2n) is 21.6. The Hall–Kier alpha value is -3.68. The lowest BCUT2D eigenvalue weighted by molar-refractivity contribution is -0.323. The first-order valence-electron chi connectivity index (χ1n) is 27.5. The standard InChI is InChI=1S/C56H90N2O22/c1-32-18-15-13-11-9-7-5-6-8-10-12-14-16-19-39(79-54-51(71)47(49(69)35(4)78-54)58-31-56(75)52(72)50(70)43(66)30-76-56)27-44-46(53(73)57-22-17-23-59)42(65)29-55(74,80-44)28-41(64)40(63)21-20-36(60)24-37(61)25-38(62)26-45(67)77-34(3)33(2)48(32)68/h5-16,18-19,32-44,46-52,54,58-66,68-72,74-75H,17,20-31H2,1-4H3,(H,57,73)/b6-5+,9-7+,10-8+,13-11+,14-12+,18-15+,19-16+/t32-,33-,34-,35+,36+,37+,38+,39-,40+,41+,42-,43+,44-,46+,47-,48+,49+,50+,51-,52-,54-,55+,56?/m0/s1. The first-order chi connectivity index (χ1) is 37.8. The van der Waals surface area contributed by atoms with Crippen LogP contribution in [0.4, 0.5) is 0 Å². The fourth-order valence-corrected chi connectivity index (χ4v) is 9.90. The monoisotopic (exact) mass is 1140 g/mol. The molecule has 0 saturated carbocycles. The van der Waals surface area contributed by atoms with E-state index in [9.17, 15) is 86.2 Å². The number of carbonyl (C=O) groups is 2. The number of fused-ring (bicyclic) bond motifs is 2. The highest BCUT2D eigenvalue weighted by Crippen LogP contribution is 2.38. The van der Waals surface area contributed by atoms with E-state index in [2.05, 4.69) is 10.6 Å². The summed E-state index contributed by atoms with van der Waals surface area (Å²) >= 11 is 0. The van der Waals surface area contributed by atoms with Gasteiger partial charge in [-0.05, 0) is 46.0 Å². The number of cyclic esters (lactones) is 1. The van der Waals surface area contributed by atoms with E-state index in [1.807, 2.05) is 6.92 Å². The topological polar surface area (TPSA) is 408 Å². The van der Waals surface area contributed by atoms with Crippen LogP contribution in [-0.2, 0) is 33.3 Å². The van der Waals surface area contributed by atoms with Crippen LogP contribution < -0.4 is 10.6 Å². The van der Waals surface area contributed by atoms with Crippen molar-refractivity contribution in [2.45, 2.75) is 207 Å². The highest BCUT2D eigenvalue weighted by atomic mass is 16.7. The van der Waals surface area contributed by atoms with Crippen molar-refractivity contribution in [2.24, 2.45) is 17.8 Å². The molecular formula is C56H90N2O22. The maximum atomic E-state index is 13.8. The number of amides is 1. The number of hydrogen-bond donors (Lipinski definition) is 17. The Morgan fingerprint density at radius 1 is 0.662 bits per heavy atom. The third-order valence-electron chi connectivity index (χ3n) is 14.9. The van der Waals surface area contributed by atoms with E-state index < -0.39 is 178 Å². The molecule has 4 rings (SSSR count). The molecule has 23 atom stereocenters. The SMILES string of the molecule is C[C@@H]1[C@H](O)[C@@H](C)/C=C/C=C/C=C/C=C/C=C/C=C/C=C/[C@H](O[C@@H]2O[C@H](C)[C@@H](O)[C@H](NCC3(O)OC[C@@H](O)[C@@H](O)[C@@H]3O)[C@@H]2O)C[C@@H]2O[C@](O)(C[C@@H](O)[C@H](O)CC[C@@H](O)C[C@@H](O)C[C@@H](O)CC(=O)O[C@H]1C)C[C@H](O)[C@H]2C(=O)NCCCO. The van der Waals surface area contributed by atoms with Gasteiger partial charge in [-0.3, -0.25) is 9.59 Å². The van der Waals surface area contributed by atoms with Crippen LogP contribution in [0.1, 0.15) is 85.5 Å². The van der Waals surface area contributed by atoms with Crippen molar-refractivity contribution < 1.29 is 110 Å². The Labute approximate surface area is 467 Å². The molecule has 3 saturated heterocycles. The molecule has 0 radical (unpaired) electrons. The first kappa shape index (κ1) is 68.8. The molecule has 0 spiro atoms. The number of allylic oxidation sites excluding steroid dienone is 12. The number of ether oxygens (including phenoxy) is 5. The van der Waals surface area contributed by atoms with Crippen molar-refractivity contribution in [3.05, 3.63) is 85.1 Å². The van der Waals surface area contributed by atoms with Crippen molar-refractivity contribution in [2.75, 3.05) is 26.3 Å². The van der Waals surface area contributed by atoms with Crippen molar-refractivity contribution in [3.63, 3.8) is 0 Å². The van der Waals surface area contributed by atoms with Crippen LogP contribution >= 0.6 is 0 Å². The third kappa shape index (κ3) is 21.5. The van der Waals surface area contributed by atoms with Gasteiger partial charge in [-0.25, -0.2) is 0 Å². The molecular weight excluding hydrogens is 1050 g/mol. The van der Waals surface area contributed by atoms with E-state index in [0.717, 1.165) is 0 Å². The molecule has 456 valence electrons. The summed E-state index contributed by atoms with van der Waals surface area (Å²) < 4.78 is 29.2. The predicted octanol–water partition coefficient (Wildman–Crippen LogP) is -2.44. The average Bonchev–Trinajstić information content (AvgIpc) is 3.38. The van der Waals surface area contributed by atoms with E-state index in [1.165, 1.54) is 13.0 Å². The maximum Gasteiger partial charge on any atom is 0.308 e. The smallest absolute Gasteiger partial charge is 0.308 e. The molecule has 0 aromatic carbocycles. The molecule has 80 heavy (non-hydrogen) atoms. The second kappa shape index (κ2) is 33.6. The Bertz CT molecular complexity index is 2070. The lowest BCUT2D eigenvalue weighted by Crippen LogP contribution is -2.69. The number of nitrogens with one attached hydrogen (secondary N) is 2. The number of aliphatic hydroxyl groups excluding tert-OH is 13. The highest BCUT2D eigenvalue weighted by molar-refractivity contribution is 5.80. The van der Waals surface area contributed by atoms with Gasteiger partial charge in [0.05, 0.1) is 98.7 Å². The summed E-state index contributed by atoms with van der Waals surface area (Å²) in [6, 6.07) is -1.36. The van der Waals surface area contributed by atoms with Gasteiger partial charge in [0, 0.05) is 44.2 Å². The molecule has 0 aromatic heterocycles. The van der Waals surface area contributed by atoms with E-state index in [4.69, 9.17) is 23.7 Å². The van der Waals surface area contributed by atoms with Gasteiger partial charge in [-0.15, -0.1) is 0 Å². The molecule has 1 unspecified atom stereocenters. The lowest BCUT2D eigenvalue weighted by atomic mass is 9.82. The van der Waals surface area contributed by atoms with E-state index in [-0.39, 0.29) is 57.6 Å². The molecule has 0 aliphatic carbocycles. The van der Waals surface area contributed by atoms with Gasteiger partial charge in [-0.1, -0.05) is 98.9 Å². The molecule has 4 aliphatic rings. The summed E-state index contributed by atoms with van der Waals surface area (Å²) in [6.07, 6.45) is -3.41. The Morgan fingerprint density at radius 2 is 1.25 bits per heavy atom. The van der Waals surface area contributed by atoms with Gasteiger partial charge < -0.3 is 111 Å². The fourth-order valence-electron chi connectivity index (χ4n) is 9.90. The van der Waals surface area contributed by atoms with E-state index in [0.29, 0.717) is 0 Å². The minimum Gasteiger partial charge on any atom is -0.462 e. The van der Waals surface area contributed by atoms with Gasteiger partial charge in [0.1, 0.15) is 30.5 Å². The van der Waals surface area contributed by atoms with Crippen molar-refractivity contribution >= 4 is 11.9 Å². The van der Waals surface area contributed by atoms with Gasteiger partial charge in [-0.2, -0.15) is 0 Å². The van der Waals surface area contributed by atoms with Crippen molar-refractivity contribution in [1.29, 1.82) is 0 Å². The number of esters is 1. The van der Waals surface area contributed by atoms with Gasteiger partial charge in [0.25, 0.3) is 0 Å². The minimum atomic E-state index is -2.47.